The fraction of sp³-hybridized carbons (Fsp3) is 0.565. The monoisotopic (exact) mass is 387 g/mol. The van der Waals surface area contributed by atoms with E-state index in [2.05, 4.69) is 12.2 Å². The summed E-state index contributed by atoms with van der Waals surface area (Å²) in [5, 5.41) is 3.45. The Labute approximate surface area is 168 Å². The van der Waals surface area contributed by atoms with Gasteiger partial charge in [0.05, 0.1) is 23.9 Å². The highest BCUT2D eigenvalue weighted by Crippen LogP contribution is 2.25. The number of unbranched alkanes of at least 4 members (excludes halogenated alkanes) is 4. The maximum atomic E-state index is 12.2. The van der Waals surface area contributed by atoms with Crippen LogP contribution in [-0.2, 0) is 20.7 Å². The number of hydrogen-bond donors (Lipinski definition) is 1. The molecule has 0 saturated heterocycles. The molecular weight excluding hydrogens is 354 g/mol. The summed E-state index contributed by atoms with van der Waals surface area (Å²) in [5.41, 5.74) is 3.43. The Hall–Kier alpha value is -2.30. The van der Waals surface area contributed by atoms with Gasteiger partial charge in [-0.1, -0.05) is 44.7 Å². The van der Waals surface area contributed by atoms with Crippen molar-refractivity contribution in [3.63, 3.8) is 0 Å². The number of cyclic esters (lactones) is 1. The number of carbonyl (C=O) groups is 2. The molecule has 0 radical (unpaired) electrons. The molecule has 0 bridgehead atoms. The number of methoxy groups -OCH3 is 1. The second kappa shape index (κ2) is 11.5. The van der Waals surface area contributed by atoms with Crippen molar-refractivity contribution in [1.82, 2.24) is 5.32 Å². The van der Waals surface area contributed by atoms with E-state index in [0.717, 1.165) is 42.6 Å². The molecule has 154 valence electrons. The van der Waals surface area contributed by atoms with Crippen molar-refractivity contribution in [1.29, 1.82) is 0 Å². The first kappa shape index (κ1) is 22.0. The Balaban J connectivity index is 1.84. The number of aryl methyl sites for hydroxylation is 1. The maximum Gasteiger partial charge on any atom is 0.337 e. The fourth-order valence-electron chi connectivity index (χ4n) is 3.48. The third-order valence-electron chi connectivity index (χ3n) is 5.12. The topological polar surface area (TPSA) is 64.6 Å². The van der Waals surface area contributed by atoms with Crippen LogP contribution in [0, 0.1) is 0 Å². The number of rotatable bonds is 12. The van der Waals surface area contributed by atoms with Gasteiger partial charge in [0.25, 0.3) is 0 Å². The number of benzene rings is 1. The zero-order valence-electron chi connectivity index (χ0n) is 17.4. The summed E-state index contributed by atoms with van der Waals surface area (Å²) in [4.78, 5) is 23.7. The molecule has 1 heterocycles. The van der Waals surface area contributed by atoms with Gasteiger partial charge >= 0.3 is 11.9 Å². The zero-order valence-corrected chi connectivity index (χ0v) is 17.4. The van der Waals surface area contributed by atoms with Gasteiger partial charge < -0.3 is 14.8 Å². The summed E-state index contributed by atoms with van der Waals surface area (Å²) in [6.07, 6.45) is 8.34. The molecule has 2 rings (SSSR count). The molecule has 0 saturated carbocycles. The largest absolute Gasteiger partial charge is 0.465 e. The summed E-state index contributed by atoms with van der Waals surface area (Å²) in [7, 11) is 1.38. The molecule has 0 fully saturated rings. The summed E-state index contributed by atoms with van der Waals surface area (Å²) in [5.74, 6) is -0.521. The molecule has 0 aromatic heterocycles. The van der Waals surface area contributed by atoms with Crippen LogP contribution in [0.2, 0.25) is 0 Å². The van der Waals surface area contributed by atoms with Crippen LogP contribution in [0.25, 0.3) is 0 Å². The van der Waals surface area contributed by atoms with Crippen LogP contribution in [0.5, 0.6) is 0 Å². The Kier molecular flexibility index (Phi) is 9.05. The van der Waals surface area contributed by atoms with E-state index >= 15 is 0 Å². The Bertz CT molecular complexity index is 678. The molecule has 1 unspecified atom stereocenters. The Morgan fingerprint density at radius 2 is 1.79 bits per heavy atom. The molecule has 1 aromatic carbocycles. The first-order valence-corrected chi connectivity index (χ1v) is 10.4. The van der Waals surface area contributed by atoms with Gasteiger partial charge in [0.1, 0.15) is 6.10 Å². The smallest absolute Gasteiger partial charge is 0.337 e. The minimum atomic E-state index is -0.329. The van der Waals surface area contributed by atoms with Crippen LogP contribution >= 0.6 is 0 Å². The van der Waals surface area contributed by atoms with Crippen LogP contribution in [0.4, 0.5) is 0 Å². The van der Waals surface area contributed by atoms with Crippen molar-refractivity contribution in [2.24, 2.45) is 0 Å². The lowest BCUT2D eigenvalue weighted by Crippen LogP contribution is -2.22. The summed E-state index contributed by atoms with van der Waals surface area (Å²) in [6, 6.07) is 7.42. The second-order valence-corrected chi connectivity index (χ2v) is 7.32. The van der Waals surface area contributed by atoms with Crippen molar-refractivity contribution in [2.75, 3.05) is 13.7 Å². The summed E-state index contributed by atoms with van der Waals surface area (Å²) in [6.45, 7) is 5.03. The minimum absolute atomic E-state index is 0.183. The number of esters is 2. The first-order chi connectivity index (χ1) is 13.6. The molecule has 1 N–H and O–H groups in total. The molecule has 5 heteroatoms. The average Bonchev–Trinajstić information content (AvgIpc) is 2.97. The summed E-state index contributed by atoms with van der Waals surface area (Å²) < 4.78 is 10.1. The Morgan fingerprint density at radius 3 is 2.46 bits per heavy atom. The molecule has 28 heavy (non-hydrogen) atoms. The van der Waals surface area contributed by atoms with E-state index in [4.69, 9.17) is 9.47 Å². The predicted molar refractivity (Wildman–Crippen MR) is 110 cm³/mol. The Morgan fingerprint density at radius 1 is 1.07 bits per heavy atom. The van der Waals surface area contributed by atoms with Gasteiger partial charge in [0.15, 0.2) is 0 Å². The van der Waals surface area contributed by atoms with Gasteiger partial charge in [-0.25, -0.2) is 9.59 Å². The number of ether oxygens (including phenoxy) is 2. The van der Waals surface area contributed by atoms with Gasteiger partial charge in [-0.2, -0.15) is 0 Å². The maximum absolute atomic E-state index is 12.2. The van der Waals surface area contributed by atoms with Crippen molar-refractivity contribution in [3.8, 4) is 0 Å². The molecule has 1 aliphatic rings. The molecule has 0 aliphatic carbocycles. The van der Waals surface area contributed by atoms with Gasteiger partial charge in [-0.05, 0) is 50.3 Å². The van der Waals surface area contributed by atoms with Crippen LogP contribution in [0.1, 0.15) is 74.7 Å². The zero-order chi connectivity index (χ0) is 20.4. The van der Waals surface area contributed by atoms with E-state index in [1.165, 1.54) is 32.8 Å². The molecule has 1 aliphatic heterocycles. The SMILES string of the molecule is CCCCCCCNC1=C(CCCc2ccc(C(=O)OC)cc2)C(=O)OC1C. The van der Waals surface area contributed by atoms with Crippen molar-refractivity contribution in [3.05, 3.63) is 46.7 Å². The van der Waals surface area contributed by atoms with Crippen molar-refractivity contribution >= 4 is 11.9 Å². The normalized spacial score (nSPS) is 16.2. The summed E-state index contributed by atoms with van der Waals surface area (Å²) >= 11 is 0. The molecule has 1 atom stereocenters. The first-order valence-electron chi connectivity index (χ1n) is 10.4. The van der Waals surface area contributed by atoms with E-state index in [1.807, 2.05) is 19.1 Å². The molecular formula is C23H33NO4. The van der Waals surface area contributed by atoms with E-state index in [-0.39, 0.29) is 18.0 Å². The van der Waals surface area contributed by atoms with Gasteiger partial charge in [-0.15, -0.1) is 0 Å². The number of hydrogen-bond acceptors (Lipinski definition) is 5. The minimum Gasteiger partial charge on any atom is -0.465 e. The van der Waals surface area contributed by atoms with Gasteiger partial charge in [-0.3, -0.25) is 0 Å². The van der Waals surface area contributed by atoms with E-state index in [1.54, 1.807) is 12.1 Å². The van der Waals surface area contributed by atoms with E-state index < -0.39 is 0 Å². The highest BCUT2D eigenvalue weighted by Gasteiger charge is 2.30. The second-order valence-electron chi connectivity index (χ2n) is 7.32. The van der Waals surface area contributed by atoms with E-state index in [9.17, 15) is 9.59 Å². The average molecular weight is 388 g/mol. The highest BCUT2D eigenvalue weighted by molar-refractivity contribution is 5.92. The lowest BCUT2D eigenvalue weighted by atomic mass is 10.0. The lowest BCUT2D eigenvalue weighted by Gasteiger charge is -2.12. The highest BCUT2D eigenvalue weighted by atomic mass is 16.5. The van der Waals surface area contributed by atoms with Crippen molar-refractivity contribution < 1.29 is 19.1 Å². The quantitative estimate of drug-likeness (QED) is 0.421. The standard InChI is InChI=1S/C23H33NO4/c1-4-5-6-7-8-16-24-21-17(2)28-23(26)20(21)11-9-10-18-12-14-19(15-13-18)22(25)27-3/h12-15,17,24H,4-11,16H2,1-3H3. The third-order valence-corrected chi connectivity index (χ3v) is 5.12. The number of carbonyl (C=O) groups excluding carboxylic acids is 2. The van der Waals surface area contributed by atoms with Crippen molar-refractivity contribution in [2.45, 2.75) is 71.3 Å². The lowest BCUT2D eigenvalue weighted by molar-refractivity contribution is -0.139. The molecule has 0 spiro atoms. The van der Waals surface area contributed by atoms with Crippen LogP contribution in [0.3, 0.4) is 0 Å². The third kappa shape index (κ3) is 6.39. The molecule has 1 aromatic rings. The van der Waals surface area contributed by atoms with Crippen LogP contribution in [-0.4, -0.2) is 31.7 Å². The molecule has 5 nitrogen and oxygen atoms in total. The predicted octanol–water partition coefficient (Wildman–Crippen LogP) is 4.56. The fourth-order valence-corrected chi connectivity index (χ4v) is 3.48. The van der Waals surface area contributed by atoms with E-state index in [0.29, 0.717) is 12.0 Å². The van der Waals surface area contributed by atoms with Gasteiger partial charge in [0, 0.05) is 6.54 Å². The number of nitrogens with one attached hydrogen (secondary N) is 1. The molecule has 0 amide bonds. The van der Waals surface area contributed by atoms with Crippen LogP contribution < -0.4 is 5.32 Å². The van der Waals surface area contributed by atoms with Gasteiger partial charge in [0.2, 0.25) is 0 Å². The van der Waals surface area contributed by atoms with Crippen LogP contribution in [0.15, 0.2) is 35.5 Å².